The topological polar surface area (TPSA) is 71.1 Å². The van der Waals surface area contributed by atoms with Crippen LogP contribution in [0.1, 0.15) is 17.3 Å². The van der Waals surface area contributed by atoms with Gasteiger partial charge in [-0.1, -0.05) is 11.6 Å². The molecule has 21 heavy (non-hydrogen) atoms. The molecule has 1 aromatic heterocycles. The van der Waals surface area contributed by atoms with Crippen LogP contribution in [0.5, 0.6) is 0 Å². The Morgan fingerprint density at radius 1 is 1.19 bits per heavy atom. The number of nitrogens with one attached hydrogen (secondary N) is 2. The summed E-state index contributed by atoms with van der Waals surface area (Å²) in [7, 11) is 0. The van der Waals surface area contributed by atoms with Crippen molar-refractivity contribution in [1.82, 2.24) is 4.98 Å². The molecule has 0 spiro atoms. The van der Waals surface area contributed by atoms with Crippen LogP contribution in [0.3, 0.4) is 0 Å². The summed E-state index contributed by atoms with van der Waals surface area (Å²) in [5.74, 6) is -1.43. The fourth-order valence-electron chi connectivity index (χ4n) is 1.64. The molecule has 1 aromatic carbocycles. The van der Waals surface area contributed by atoms with Gasteiger partial charge in [-0.05, 0) is 30.3 Å². The maximum Gasteiger partial charge on any atom is 0.255 e. The van der Waals surface area contributed by atoms with E-state index in [1.54, 1.807) is 0 Å². The quantitative estimate of drug-likeness (QED) is 0.856. The Morgan fingerprint density at radius 2 is 1.95 bits per heavy atom. The normalized spacial score (nSPS) is 10.0. The van der Waals surface area contributed by atoms with Gasteiger partial charge in [0.2, 0.25) is 5.91 Å². The van der Waals surface area contributed by atoms with E-state index in [0.29, 0.717) is 5.69 Å². The minimum absolute atomic E-state index is 0.0424. The van der Waals surface area contributed by atoms with Crippen LogP contribution in [-0.2, 0) is 4.79 Å². The average molecular weight is 308 g/mol. The summed E-state index contributed by atoms with van der Waals surface area (Å²) in [4.78, 5) is 26.7. The fraction of sp³-hybridized carbons (Fsp3) is 0.0714. The minimum atomic E-state index is -0.613. The van der Waals surface area contributed by atoms with Crippen LogP contribution in [0.15, 0.2) is 36.5 Å². The summed E-state index contributed by atoms with van der Waals surface area (Å²) < 4.78 is 13.7. The number of benzene rings is 1. The summed E-state index contributed by atoms with van der Waals surface area (Å²) in [5.41, 5.74) is 0.588. The molecule has 108 valence electrons. The molecule has 0 bridgehead atoms. The second kappa shape index (κ2) is 6.32. The van der Waals surface area contributed by atoms with Crippen molar-refractivity contribution in [2.24, 2.45) is 0 Å². The first-order chi connectivity index (χ1) is 9.95. The highest BCUT2D eigenvalue weighted by Crippen LogP contribution is 2.20. The van der Waals surface area contributed by atoms with Crippen molar-refractivity contribution < 1.29 is 14.0 Å². The summed E-state index contributed by atoms with van der Waals surface area (Å²) >= 11 is 5.69. The summed E-state index contributed by atoms with van der Waals surface area (Å²) in [6.07, 6.45) is 1.38. The van der Waals surface area contributed by atoms with Crippen molar-refractivity contribution >= 4 is 34.8 Å². The van der Waals surface area contributed by atoms with Gasteiger partial charge in [0.15, 0.2) is 0 Å². The molecule has 0 fully saturated rings. The molecule has 0 saturated carbocycles. The molecule has 0 aliphatic carbocycles. The third kappa shape index (κ3) is 4.00. The number of amides is 2. The van der Waals surface area contributed by atoms with E-state index in [-0.39, 0.29) is 22.3 Å². The van der Waals surface area contributed by atoms with Crippen LogP contribution in [0.2, 0.25) is 5.15 Å². The molecule has 0 unspecified atom stereocenters. The molecule has 0 aliphatic heterocycles. The Kier molecular flexibility index (Phi) is 4.49. The van der Waals surface area contributed by atoms with Crippen LogP contribution in [0, 0.1) is 5.82 Å². The van der Waals surface area contributed by atoms with E-state index in [9.17, 15) is 14.0 Å². The lowest BCUT2D eigenvalue weighted by Gasteiger charge is -2.09. The molecule has 7 heteroatoms. The van der Waals surface area contributed by atoms with Gasteiger partial charge in [0.1, 0.15) is 11.0 Å². The first-order valence-corrected chi connectivity index (χ1v) is 6.33. The van der Waals surface area contributed by atoms with E-state index < -0.39 is 11.7 Å². The molecular formula is C14H11ClFN3O2. The minimum Gasteiger partial charge on any atom is -0.326 e. The average Bonchev–Trinajstić information content (AvgIpc) is 2.42. The van der Waals surface area contributed by atoms with Crippen molar-refractivity contribution in [2.75, 3.05) is 10.6 Å². The number of carbonyl (C=O) groups is 2. The third-order valence-corrected chi connectivity index (χ3v) is 2.73. The monoisotopic (exact) mass is 307 g/mol. The second-order valence-corrected chi connectivity index (χ2v) is 4.58. The van der Waals surface area contributed by atoms with Gasteiger partial charge >= 0.3 is 0 Å². The largest absolute Gasteiger partial charge is 0.326 e. The number of anilines is 2. The van der Waals surface area contributed by atoms with Gasteiger partial charge in [-0.15, -0.1) is 0 Å². The van der Waals surface area contributed by atoms with Crippen molar-refractivity contribution in [3.05, 3.63) is 53.1 Å². The summed E-state index contributed by atoms with van der Waals surface area (Å²) in [6, 6.07) is 6.71. The summed E-state index contributed by atoms with van der Waals surface area (Å²) in [5, 5.41) is 5.08. The second-order valence-electron chi connectivity index (χ2n) is 4.20. The maximum absolute atomic E-state index is 13.7. The first-order valence-electron chi connectivity index (χ1n) is 5.96. The van der Waals surface area contributed by atoms with Crippen LogP contribution in [-0.4, -0.2) is 16.8 Å². The predicted molar refractivity (Wildman–Crippen MR) is 77.9 cm³/mol. The molecule has 2 amide bonds. The molecule has 2 rings (SSSR count). The third-order valence-electron chi connectivity index (χ3n) is 2.52. The van der Waals surface area contributed by atoms with E-state index in [0.717, 1.165) is 6.07 Å². The number of hydrogen-bond donors (Lipinski definition) is 2. The SMILES string of the molecule is CC(=O)Nc1ccc(F)c(NC(=O)c2ccnc(Cl)c2)c1. The van der Waals surface area contributed by atoms with Crippen LogP contribution in [0.25, 0.3) is 0 Å². The van der Waals surface area contributed by atoms with Crippen LogP contribution < -0.4 is 10.6 Å². The lowest BCUT2D eigenvalue weighted by atomic mass is 10.2. The molecule has 0 saturated heterocycles. The Bertz CT molecular complexity index is 706. The molecule has 0 aliphatic rings. The highest BCUT2D eigenvalue weighted by atomic mass is 35.5. The number of nitrogens with zero attached hydrogens (tertiary/aromatic N) is 1. The molecule has 1 heterocycles. The summed E-state index contributed by atoms with van der Waals surface area (Å²) in [6.45, 7) is 1.33. The zero-order chi connectivity index (χ0) is 15.4. The van der Waals surface area contributed by atoms with Gasteiger partial charge in [-0.2, -0.15) is 0 Å². The standard InChI is InChI=1S/C14H11ClFN3O2/c1-8(20)18-10-2-3-11(16)12(7-10)19-14(21)9-4-5-17-13(15)6-9/h2-7H,1H3,(H,18,20)(H,19,21). The van der Waals surface area contributed by atoms with Crippen LogP contribution in [0.4, 0.5) is 15.8 Å². The zero-order valence-electron chi connectivity index (χ0n) is 11.0. The van der Waals surface area contributed by atoms with Crippen molar-refractivity contribution in [3.63, 3.8) is 0 Å². The van der Waals surface area contributed by atoms with Crippen molar-refractivity contribution in [3.8, 4) is 0 Å². The smallest absolute Gasteiger partial charge is 0.255 e. The van der Waals surface area contributed by atoms with E-state index in [2.05, 4.69) is 15.6 Å². The Hall–Kier alpha value is -2.47. The lowest BCUT2D eigenvalue weighted by molar-refractivity contribution is -0.114. The maximum atomic E-state index is 13.7. The van der Waals surface area contributed by atoms with Gasteiger partial charge in [-0.25, -0.2) is 9.37 Å². The number of halogens is 2. The first kappa shape index (κ1) is 14.9. The highest BCUT2D eigenvalue weighted by molar-refractivity contribution is 6.29. The van der Waals surface area contributed by atoms with Gasteiger partial charge in [0.25, 0.3) is 5.91 Å². The van der Waals surface area contributed by atoms with E-state index in [4.69, 9.17) is 11.6 Å². The number of aromatic nitrogens is 1. The van der Waals surface area contributed by atoms with Crippen molar-refractivity contribution in [1.29, 1.82) is 0 Å². The highest BCUT2D eigenvalue weighted by Gasteiger charge is 2.11. The number of hydrogen-bond acceptors (Lipinski definition) is 3. The molecule has 0 radical (unpaired) electrons. The Balaban J connectivity index is 2.22. The molecule has 0 atom stereocenters. The fourth-order valence-corrected chi connectivity index (χ4v) is 1.81. The molecule has 5 nitrogen and oxygen atoms in total. The van der Waals surface area contributed by atoms with E-state index in [1.807, 2.05) is 0 Å². The lowest BCUT2D eigenvalue weighted by Crippen LogP contribution is -2.14. The zero-order valence-corrected chi connectivity index (χ0v) is 11.7. The van der Waals surface area contributed by atoms with Gasteiger partial charge in [-0.3, -0.25) is 9.59 Å². The predicted octanol–water partition coefficient (Wildman–Crippen LogP) is 3.08. The molecule has 2 aromatic rings. The van der Waals surface area contributed by atoms with Gasteiger partial charge in [0, 0.05) is 24.4 Å². The van der Waals surface area contributed by atoms with Gasteiger partial charge in [0.05, 0.1) is 5.69 Å². The molecule has 2 N–H and O–H groups in total. The number of carbonyl (C=O) groups excluding carboxylic acids is 2. The van der Waals surface area contributed by atoms with Crippen molar-refractivity contribution in [2.45, 2.75) is 6.92 Å². The van der Waals surface area contributed by atoms with E-state index in [1.165, 1.54) is 37.4 Å². The van der Waals surface area contributed by atoms with Gasteiger partial charge < -0.3 is 10.6 Å². The molecular weight excluding hydrogens is 297 g/mol. The van der Waals surface area contributed by atoms with Crippen LogP contribution >= 0.6 is 11.6 Å². The number of pyridine rings is 1. The Labute approximate surface area is 125 Å². The van der Waals surface area contributed by atoms with E-state index >= 15 is 0 Å². The Morgan fingerprint density at radius 3 is 2.62 bits per heavy atom. The number of rotatable bonds is 3.